The van der Waals surface area contributed by atoms with Gasteiger partial charge in [-0.3, -0.25) is 9.59 Å². The predicted octanol–water partition coefficient (Wildman–Crippen LogP) is 0.329. The zero-order valence-electron chi connectivity index (χ0n) is 13.8. The van der Waals surface area contributed by atoms with Crippen molar-refractivity contribution in [3.63, 3.8) is 0 Å². The van der Waals surface area contributed by atoms with Gasteiger partial charge in [-0.2, -0.15) is 0 Å². The van der Waals surface area contributed by atoms with Crippen LogP contribution in [0.15, 0.2) is 0 Å². The second-order valence-electron chi connectivity index (χ2n) is 6.58. The molecule has 2 fully saturated rings. The average molecular weight is 311 g/mol. The fourth-order valence-electron chi connectivity index (χ4n) is 3.11. The number of ether oxygens (including phenoxy) is 1. The van der Waals surface area contributed by atoms with Crippen molar-refractivity contribution < 1.29 is 14.3 Å². The Morgan fingerprint density at radius 2 is 1.73 bits per heavy atom. The summed E-state index contributed by atoms with van der Waals surface area (Å²) in [6.07, 6.45) is 3.24. The quantitative estimate of drug-likeness (QED) is 0.795. The summed E-state index contributed by atoms with van der Waals surface area (Å²) in [5.74, 6) is 0.579. The van der Waals surface area contributed by atoms with E-state index in [9.17, 15) is 9.59 Å². The summed E-state index contributed by atoms with van der Waals surface area (Å²) in [7, 11) is 3.99. The Kier molecular flexibility index (Phi) is 6.64. The minimum atomic E-state index is 0.0564. The van der Waals surface area contributed by atoms with Gasteiger partial charge in [-0.15, -0.1) is 0 Å². The van der Waals surface area contributed by atoms with E-state index in [2.05, 4.69) is 10.2 Å². The van der Waals surface area contributed by atoms with Crippen molar-refractivity contribution in [1.29, 1.82) is 0 Å². The average Bonchev–Trinajstić information content (AvgIpc) is 2.54. The third-order valence-corrected chi connectivity index (χ3v) is 4.61. The lowest BCUT2D eigenvalue weighted by Gasteiger charge is -2.34. The topological polar surface area (TPSA) is 61.9 Å². The number of carbonyl (C=O) groups is 2. The maximum Gasteiger partial charge on any atom is 0.225 e. The first kappa shape index (κ1) is 17.2. The summed E-state index contributed by atoms with van der Waals surface area (Å²) in [4.78, 5) is 28.5. The van der Waals surface area contributed by atoms with Crippen molar-refractivity contribution in [2.45, 2.75) is 25.7 Å². The lowest BCUT2D eigenvalue weighted by atomic mass is 9.93. The van der Waals surface area contributed by atoms with E-state index in [-0.39, 0.29) is 23.7 Å². The molecular formula is C16H29N3O3. The van der Waals surface area contributed by atoms with Crippen LogP contribution in [-0.4, -0.2) is 75.1 Å². The Balaban J connectivity index is 1.70. The van der Waals surface area contributed by atoms with Crippen LogP contribution in [0.2, 0.25) is 0 Å². The molecule has 6 heteroatoms. The first-order chi connectivity index (χ1) is 10.6. The first-order valence-corrected chi connectivity index (χ1v) is 8.37. The van der Waals surface area contributed by atoms with Crippen molar-refractivity contribution >= 4 is 11.8 Å². The van der Waals surface area contributed by atoms with E-state index in [1.807, 2.05) is 19.0 Å². The molecule has 2 aliphatic heterocycles. The van der Waals surface area contributed by atoms with Crippen LogP contribution in [0.3, 0.4) is 0 Å². The van der Waals surface area contributed by atoms with Gasteiger partial charge in [0.1, 0.15) is 0 Å². The standard InChI is InChI=1S/C16H29N3O3/c1-18(2)10-7-17-15(20)13-3-8-19(9-4-13)16(21)14-5-11-22-12-6-14/h13-14H,3-12H2,1-2H3,(H,17,20). The summed E-state index contributed by atoms with van der Waals surface area (Å²) in [5.41, 5.74) is 0. The van der Waals surface area contributed by atoms with Crippen LogP contribution in [0.5, 0.6) is 0 Å². The van der Waals surface area contributed by atoms with E-state index >= 15 is 0 Å². The number of piperidine rings is 1. The Hall–Kier alpha value is -1.14. The van der Waals surface area contributed by atoms with E-state index in [0.29, 0.717) is 32.8 Å². The molecule has 0 aromatic heterocycles. The number of carbonyl (C=O) groups excluding carboxylic acids is 2. The molecule has 0 saturated carbocycles. The highest BCUT2D eigenvalue weighted by molar-refractivity contribution is 5.81. The Labute approximate surface area is 133 Å². The van der Waals surface area contributed by atoms with E-state index in [0.717, 1.165) is 32.2 Å². The molecule has 0 bridgehead atoms. The SMILES string of the molecule is CN(C)CCNC(=O)C1CCN(C(=O)C2CCOCC2)CC1. The molecule has 0 aromatic carbocycles. The number of hydrogen-bond acceptors (Lipinski definition) is 4. The monoisotopic (exact) mass is 311 g/mol. The molecule has 2 heterocycles. The van der Waals surface area contributed by atoms with Gasteiger partial charge in [-0.1, -0.05) is 0 Å². The van der Waals surface area contributed by atoms with Crippen LogP contribution in [0.1, 0.15) is 25.7 Å². The number of amides is 2. The third-order valence-electron chi connectivity index (χ3n) is 4.61. The van der Waals surface area contributed by atoms with Crippen molar-refractivity contribution in [2.75, 3.05) is 53.5 Å². The molecule has 2 amide bonds. The largest absolute Gasteiger partial charge is 0.381 e. The Morgan fingerprint density at radius 1 is 1.09 bits per heavy atom. The van der Waals surface area contributed by atoms with Gasteiger partial charge in [0.15, 0.2) is 0 Å². The summed E-state index contributed by atoms with van der Waals surface area (Å²) in [5, 5.41) is 2.99. The maximum atomic E-state index is 12.4. The molecule has 6 nitrogen and oxygen atoms in total. The van der Waals surface area contributed by atoms with Gasteiger partial charge in [0.25, 0.3) is 0 Å². The Bertz CT molecular complexity index is 373. The Morgan fingerprint density at radius 3 is 2.32 bits per heavy atom. The molecule has 2 rings (SSSR count). The van der Waals surface area contributed by atoms with Crippen molar-refractivity contribution in [3.8, 4) is 0 Å². The minimum Gasteiger partial charge on any atom is -0.381 e. The summed E-state index contributed by atoms with van der Waals surface area (Å²) >= 11 is 0. The highest BCUT2D eigenvalue weighted by Crippen LogP contribution is 2.23. The maximum absolute atomic E-state index is 12.4. The van der Waals surface area contributed by atoms with E-state index in [4.69, 9.17) is 4.74 Å². The van der Waals surface area contributed by atoms with Gasteiger partial charge in [0.05, 0.1) is 0 Å². The fraction of sp³-hybridized carbons (Fsp3) is 0.875. The number of hydrogen-bond donors (Lipinski definition) is 1. The van der Waals surface area contributed by atoms with Gasteiger partial charge in [-0.25, -0.2) is 0 Å². The molecule has 126 valence electrons. The van der Waals surface area contributed by atoms with Crippen LogP contribution in [-0.2, 0) is 14.3 Å². The third kappa shape index (κ3) is 4.95. The molecule has 0 spiro atoms. The van der Waals surface area contributed by atoms with Gasteiger partial charge < -0.3 is 19.9 Å². The van der Waals surface area contributed by atoms with Gasteiger partial charge in [0.2, 0.25) is 11.8 Å². The molecule has 2 aliphatic rings. The molecule has 0 unspecified atom stereocenters. The zero-order valence-corrected chi connectivity index (χ0v) is 13.8. The van der Waals surface area contributed by atoms with Crippen LogP contribution in [0.4, 0.5) is 0 Å². The second kappa shape index (κ2) is 8.48. The van der Waals surface area contributed by atoms with Gasteiger partial charge in [-0.05, 0) is 39.8 Å². The normalized spacial score (nSPS) is 21.1. The fourth-order valence-corrected chi connectivity index (χ4v) is 3.11. The number of likely N-dealkylation sites (tertiary alicyclic amines) is 1. The lowest BCUT2D eigenvalue weighted by molar-refractivity contribution is -0.141. The highest BCUT2D eigenvalue weighted by atomic mass is 16.5. The minimum absolute atomic E-state index is 0.0564. The zero-order chi connectivity index (χ0) is 15.9. The van der Waals surface area contributed by atoms with Crippen LogP contribution < -0.4 is 5.32 Å². The van der Waals surface area contributed by atoms with Crippen molar-refractivity contribution in [3.05, 3.63) is 0 Å². The highest BCUT2D eigenvalue weighted by Gasteiger charge is 2.31. The predicted molar refractivity (Wildman–Crippen MR) is 84.4 cm³/mol. The molecule has 2 saturated heterocycles. The van der Waals surface area contributed by atoms with Gasteiger partial charge >= 0.3 is 0 Å². The molecular weight excluding hydrogens is 282 g/mol. The summed E-state index contributed by atoms with van der Waals surface area (Å²) in [6, 6.07) is 0. The molecule has 1 N–H and O–H groups in total. The van der Waals surface area contributed by atoms with Crippen LogP contribution in [0.25, 0.3) is 0 Å². The van der Waals surface area contributed by atoms with Crippen LogP contribution >= 0.6 is 0 Å². The smallest absolute Gasteiger partial charge is 0.225 e. The number of likely N-dealkylation sites (N-methyl/N-ethyl adjacent to an activating group) is 1. The molecule has 0 aliphatic carbocycles. The van der Waals surface area contributed by atoms with E-state index < -0.39 is 0 Å². The van der Waals surface area contributed by atoms with E-state index in [1.165, 1.54) is 0 Å². The number of rotatable bonds is 5. The molecule has 0 radical (unpaired) electrons. The number of nitrogens with one attached hydrogen (secondary N) is 1. The van der Waals surface area contributed by atoms with Crippen molar-refractivity contribution in [1.82, 2.24) is 15.1 Å². The molecule has 0 atom stereocenters. The van der Waals surface area contributed by atoms with Crippen molar-refractivity contribution in [2.24, 2.45) is 11.8 Å². The summed E-state index contributed by atoms with van der Waals surface area (Å²) in [6.45, 7) is 4.35. The number of nitrogens with zero attached hydrogens (tertiary/aromatic N) is 2. The molecule has 22 heavy (non-hydrogen) atoms. The second-order valence-corrected chi connectivity index (χ2v) is 6.58. The van der Waals surface area contributed by atoms with E-state index in [1.54, 1.807) is 0 Å². The molecule has 0 aromatic rings. The van der Waals surface area contributed by atoms with Gasteiger partial charge in [0, 0.05) is 51.2 Å². The lowest BCUT2D eigenvalue weighted by Crippen LogP contribution is -2.46. The summed E-state index contributed by atoms with van der Waals surface area (Å²) < 4.78 is 5.31. The first-order valence-electron chi connectivity index (χ1n) is 8.37. The van der Waals surface area contributed by atoms with Crippen LogP contribution in [0, 0.1) is 11.8 Å².